The summed E-state index contributed by atoms with van der Waals surface area (Å²) in [6.07, 6.45) is 1.58. The highest BCUT2D eigenvalue weighted by Crippen LogP contribution is 2.26. The van der Waals surface area contributed by atoms with Gasteiger partial charge in [-0.05, 0) is 56.0 Å². The Morgan fingerprint density at radius 2 is 1.77 bits per heavy atom. The SMILES string of the molecule is Cc1cccc(C(=O)N2CCC(n3c(=O)[nH]c4ccccc43)CC2)c1C. The van der Waals surface area contributed by atoms with Gasteiger partial charge < -0.3 is 9.88 Å². The molecule has 1 fully saturated rings. The van der Waals surface area contributed by atoms with Crippen molar-refractivity contribution in [2.45, 2.75) is 32.7 Å². The zero-order valence-corrected chi connectivity index (χ0v) is 15.2. The van der Waals surface area contributed by atoms with Gasteiger partial charge in [0.15, 0.2) is 0 Å². The largest absolute Gasteiger partial charge is 0.338 e. The van der Waals surface area contributed by atoms with Crippen molar-refractivity contribution in [1.29, 1.82) is 0 Å². The summed E-state index contributed by atoms with van der Waals surface area (Å²) in [6.45, 7) is 5.37. The number of likely N-dealkylation sites (tertiary alicyclic amines) is 1. The summed E-state index contributed by atoms with van der Waals surface area (Å²) in [5, 5.41) is 0. The molecular weight excluding hydrogens is 326 g/mol. The Labute approximate surface area is 152 Å². The van der Waals surface area contributed by atoms with Crippen molar-refractivity contribution < 1.29 is 4.79 Å². The fraction of sp³-hybridized carbons (Fsp3) is 0.333. The lowest BCUT2D eigenvalue weighted by Crippen LogP contribution is -2.40. The molecule has 1 aromatic heterocycles. The normalized spacial score (nSPS) is 15.5. The summed E-state index contributed by atoms with van der Waals surface area (Å²) in [4.78, 5) is 30.1. The summed E-state index contributed by atoms with van der Waals surface area (Å²) in [5.74, 6) is 0.0934. The van der Waals surface area contributed by atoms with E-state index < -0.39 is 0 Å². The first-order valence-corrected chi connectivity index (χ1v) is 9.11. The predicted octanol–water partition coefficient (Wildman–Crippen LogP) is 3.42. The predicted molar refractivity (Wildman–Crippen MR) is 103 cm³/mol. The monoisotopic (exact) mass is 349 g/mol. The first-order valence-electron chi connectivity index (χ1n) is 9.11. The molecule has 1 amide bonds. The molecule has 0 saturated carbocycles. The third kappa shape index (κ3) is 2.73. The lowest BCUT2D eigenvalue weighted by atomic mass is 9.99. The van der Waals surface area contributed by atoms with E-state index in [0.717, 1.165) is 40.6 Å². The van der Waals surface area contributed by atoms with Crippen LogP contribution in [-0.4, -0.2) is 33.4 Å². The maximum absolute atomic E-state index is 12.9. The molecule has 0 spiro atoms. The van der Waals surface area contributed by atoms with Crippen LogP contribution in [0.4, 0.5) is 0 Å². The highest BCUT2D eigenvalue weighted by molar-refractivity contribution is 5.96. The second-order valence-electron chi connectivity index (χ2n) is 7.09. The summed E-state index contributed by atoms with van der Waals surface area (Å²) in [5.41, 5.74) is 4.71. The first kappa shape index (κ1) is 16.6. The van der Waals surface area contributed by atoms with Crippen LogP contribution in [0.15, 0.2) is 47.3 Å². The molecule has 0 atom stereocenters. The van der Waals surface area contributed by atoms with E-state index in [1.54, 1.807) is 0 Å². The van der Waals surface area contributed by atoms with Crippen LogP contribution in [0.25, 0.3) is 11.0 Å². The fourth-order valence-corrected chi connectivity index (χ4v) is 3.92. The number of aromatic amines is 1. The number of para-hydroxylation sites is 2. The van der Waals surface area contributed by atoms with Gasteiger partial charge in [-0.3, -0.25) is 9.36 Å². The van der Waals surface area contributed by atoms with Crippen molar-refractivity contribution in [3.8, 4) is 0 Å². The number of carbonyl (C=O) groups excluding carboxylic acids is 1. The van der Waals surface area contributed by atoms with E-state index in [0.29, 0.717) is 13.1 Å². The Hall–Kier alpha value is -2.82. The highest BCUT2D eigenvalue weighted by Gasteiger charge is 2.27. The van der Waals surface area contributed by atoms with Crippen molar-refractivity contribution in [1.82, 2.24) is 14.5 Å². The molecule has 1 saturated heterocycles. The molecule has 5 heteroatoms. The number of H-pyrrole nitrogens is 1. The zero-order chi connectivity index (χ0) is 18.3. The minimum absolute atomic E-state index is 0.0643. The number of imidazole rings is 1. The van der Waals surface area contributed by atoms with E-state index >= 15 is 0 Å². The van der Waals surface area contributed by atoms with Crippen LogP contribution in [0, 0.1) is 13.8 Å². The Bertz CT molecular complexity index is 1020. The molecular formula is C21H23N3O2. The Morgan fingerprint density at radius 3 is 2.54 bits per heavy atom. The van der Waals surface area contributed by atoms with Crippen LogP contribution in [0.1, 0.15) is 40.4 Å². The minimum Gasteiger partial charge on any atom is -0.338 e. The standard InChI is InChI=1S/C21H23N3O2/c1-14-6-5-7-17(15(14)2)20(25)23-12-10-16(11-13-23)24-19-9-4-3-8-18(19)22-21(24)26/h3-9,16H,10-13H2,1-2H3,(H,22,26). The molecule has 0 aliphatic carbocycles. The van der Waals surface area contributed by atoms with Gasteiger partial charge >= 0.3 is 5.69 Å². The van der Waals surface area contributed by atoms with Gasteiger partial charge in [-0.1, -0.05) is 24.3 Å². The first-order chi connectivity index (χ1) is 12.6. The van der Waals surface area contributed by atoms with E-state index in [4.69, 9.17) is 0 Å². The number of hydrogen-bond acceptors (Lipinski definition) is 2. The molecule has 2 aromatic carbocycles. The summed E-state index contributed by atoms with van der Waals surface area (Å²) >= 11 is 0. The van der Waals surface area contributed by atoms with Crippen LogP contribution in [0.2, 0.25) is 0 Å². The molecule has 1 aliphatic heterocycles. The second kappa shape index (κ2) is 6.48. The fourth-order valence-electron chi connectivity index (χ4n) is 3.92. The molecule has 4 rings (SSSR count). The van der Waals surface area contributed by atoms with Crippen LogP contribution in [0.3, 0.4) is 0 Å². The molecule has 1 N–H and O–H groups in total. The maximum atomic E-state index is 12.9. The third-order valence-electron chi connectivity index (χ3n) is 5.58. The average Bonchev–Trinajstić information content (AvgIpc) is 2.99. The number of piperidine rings is 1. The van der Waals surface area contributed by atoms with Gasteiger partial charge in [-0.15, -0.1) is 0 Å². The zero-order valence-electron chi connectivity index (χ0n) is 15.2. The Balaban J connectivity index is 1.54. The number of fused-ring (bicyclic) bond motifs is 1. The molecule has 134 valence electrons. The van der Waals surface area contributed by atoms with Gasteiger partial charge in [0.2, 0.25) is 0 Å². The average molecular weight is 349 g/mol. The van der Waals surface area contributed by atoms with Gasteiger partial charge in [0, 0.05) is 24.7 Å². The topological polar surface area (TPSA) is 58.1 Å². The van der Waals surface area contributed by atoms with Crippen LogP contribution in [0.5, 0.6) is 0 Å². The summed E-state index contributed by atoms with van der Waals surface area (Å²) in [7, 11) is 0. The molecule has 5 nitrogen and oxygen atoms in total. The van der Waals surface area contributed by atoms with Crippen molar-refractivity contribution in [3.05, 3.63) is 69.6 Å². The number of nitrogens with zero attached hydrogens (tertiary/aromatic N) is 2. The highest BCUT2D eigenvalue weighted by atomic mass is 16.2. The molecule has 0 unspecified atom stereocenters. The van der Waals surface area contributed by atoms with Crippen LogP contribution in [-0.2, 0) is 0 Å². The minimum atomic E-state index is -0.0643. The van der Waals surface area contributed by atoms with Gasteiger partial charge in [0.05, 0.1) is 11.0 Å². The molecule has 26 heavy (non-hydrogen) atoms. The van der Waals surface area contributed by atoms with E-state index in [2.05, 4.69) is 4.98 Å². The van der Waals surface area contributed by atoms with E-state index in [-0.39, 0.29) is 17.6 Å². The second-order valence-corrected chi connectivity index (χ2v) is 7.09. The summed E-state index contributed by atoms with van der Waals surface area (Å²) in [6, 6.07) is 13.8. The van der Waals surface area contributed by atoms with Crippen molar-refractivity contribution in [2.24, 2.45) is 0 Å². The molecule has 1 aliphatic rings. The number of hydrogen-bond donors (Lipinski definition) is 1. The lowest BCUT2D eigenvalue weighted by molar-refractivity contribution is 0.0694. The third-order valence-corrected chi connectivity index (χ3v) is 5.58. The molecule has 0 radical (unpaired) electrons. The van der Waals surface area contributed by atoms with E-state index in [1.165, 1.54) is 0 Å². The number of amides is 1. The number of aromatic nitrogens is 2. The van der Waals surface area contributed by atoms with Crippen molar-refractivity contribution >= 4 is 16.9 Å². The molecule has 2 heterocycles. The molecule has 3 aromatic rings. The number of benzene rings is 2. The quantitative estimate of drug-likeness (QED) is 0.771. The Kier molecular flexibility index (Phi) is 4.15. The molecule has 0 bridgehead atoms. The van der Waals surface area contributed by atoms with Gasteiger partial charge in [0.1, 0.15) is 0 Å². The smallest absolute Gasteiger partial charge is 0.326 e. The number of aryl methyl sites for hydroxylation is 1. The van der Waals surface area contributed by atoms with Gasteiger partial charge in [0.25, 0.3) is 5.91 Å². The van der Waals surface area contributed by atoms with Crippen molar-refractivity contribution in [2.75, 3.05) is 13.1 Å². The van der Waals surface area contributed by atoms with Gasteiger partial charge in [-0.2, -0.15) is 0 Å². The summed E-state index contributed by atoms with van der Waals surface area (Å²) < 4.78 is 1.86. The maximum Gasteiger partial charge on any atom is 0.326 e. The number of carbonyl (C=O) groups is 1. The Morgan fingerprint density at radius 1 is 1.04 bits per heavy atom. The van der Waals surface area contributed by atoms with Crippen molar-refractivity contribution in [3.63, 3.8) is 0 Å². The van der Waals surface area contributed by atoms with E-state index in [9.17, 15) is 9.59 Å². The van der Waals surface area contributed by atoms with Gasteiger partial charge in [-0.25, -0.2) is 4.79 Å². The number of rotatable bonds is 2. The van der Waals surface area contributed by atoms with Crippen LogP contribution < -0.4 is 5.69 Å². The van der Waals surface area contributed by atoms with E-state index in [1.807, 2.05) is 65.8 Å². The lowest BCUT2D eigenvalue weighted by Gasteiger charge is -2.33. The van der Waals surface area contributed by atoms with Crippen LogP contribution >= 0.6 is 0 Å². The number of nitrogens with one attached hydrogen (secondary N) is 1.